The summed E-state index contributed by atoms with van der Waals surface area (Å²) in [5, 5.41) is 12.1. The molecule has 0 aliphatic carbocycles. The smallest absolute Gasteiger partial charge is 0.231 e. The third-order valence-electron chi connectivity index (χ3n) is 5.01. The van der Waals surface area contributed by atoms with Crippen molar-refractivity contribution in [1.29, 1.82) is 0 Å². The standard InChI is InChI=1S/C24H19FN4O3S/c25-18-7-9-19(10-8-18)29-23(17-4-2-1-3-5-17)27-28-24(29)33-14-22(30)26-13-16-6-11-20-21(12-16)32-15-31-20/h1-12H,13-15H2,(H,26,30). The molecular formula is C24H19FN4O3S. The average Bonchev–Trinajstić information content (AvgIpc) is 3.49. The molecule has 3 aromatic carbocycles. The van der Waals surface area contributed by atoms with Gasteiger partial charge in [0.05, 0.1) is 5.75 Å². The van der Waals surface area contributed by atoms with Crippen LogP contribution >= 0.6 is 11.8 Å². The highest BCUT2D eigenvalue weighted by molar-refractivity contribution is 7.99. The maximum atomic E-state index is 13.5. The number of carbonyl (C=O) groups is 1. The molecular weight excluding hydrogens is 443 g/mol. The molecule has 1 aromatic heterocycles. The Labute approximate surface area is 193 Å². The van der Waals surface area contributed by atoms with Crippen LogP contribution in [0.5, 0.6) is 11.5 Å². The Bertz CT molecular complexity index is 1280. The molecule has 0 bridgehead atoms. The monoisotopic (exact) mass is 462 g/mol. The van der Waals surface area contributed by atoms with Crippen molar-refractivity contribution in [3.63, 3.8) is 0 Å². The van der Waals surface area contributed by atoms with E-state index in [-0.39, 0.29) is 24.3 Å². The fourth-order valence-electron chi connectivity index (χ4n) is 3.39. The van der Waals surface area contributed by atoms with Crippen molar-refractivity contribution < 1.29 is 18.7 Å². The molecule has 2 heterocycles. The summed E-state index contributed by atoms with van der Waals surface area (Å²) in [6.07, 6.45) is 0. The van der Waals surface area contributed by atoms with E-state index >= 15 is 0 Å². The Hall–Kier alpha value is -3.85. The zero-order valence-corrected chi connectivity index (χ0v) is 18.2. The zero-order chi connectivity index (χ0) is 22.6. The summed E-state index contributed by atoms with van der Waals surface area (Å²) in [7, 11) is 0. The lowest BCUT2D eigenvalue weighted by Crippen LogP contribution is -2.24. The van der Waals surface area contributed by atoms with Crippen LogP contribution in [0.4, 0.5) is 4.39 Å². The lowest BCUT2D eigenvalue weighted by atomic mass is 10.2. The number of hydrogen-bond acceptors (Lipinski definition) is 6. The maximum Gasteiger partial charge on any atom is 0.231 e. The van der Waals surface area contributed by atoms with Gasteiger partial charge in [-0.3, -0.25) is 9.36 Å². The third kappa shape index (κ3) is 4.68. The first-order valence-electron chi connectivity index (χ1n) is 10.2. The number of thioether (sulfide) groups is 1. The van der Waals surface area contributed by atoms with Crippen LogP contribution in [0.1, 0.15) is 5.56 Å². The molecule has 0 atom stereocenters. The SMILES string of the molecule is O=C(CSc1nnc(-c2ccccc2)n1-c1ccc(F)cc1)NCc1ccc2c(c1)OCO2. The number of fused-ring (bicyclic) bond motifs is 1. The lowest BCUT2D eigenvalue weighted by molar-refractivity contribution is -0.118. The molecule has 4 aromatic rings. The van der Waals surface area contributed by atoms with Gasteiger partial charge in [0.25, 0.3) is 0 Å². The lowest BCUT2D eigenvalue weighted by Gasteiger charge is -2.11. The topological polar surface area (TPSA) is 78.3 Å². The number of nitrogens with one attached hydrogen (secondary N) is 1. The van der Waals surface area contributed by atoms with E-state index in [9.17, 15) is 9.18 Å². The van der Waals surface area contributed by atoms with Crippen molar-refractivity contribution >= 4 is 17.7 Å². The van der Waals surface area contributed by atoms with Crippen molar-refractivity contribution in [3.05, 3.63) is 84.2 Å². The van der Waals surface area contributed by atoms with Gasteiger partial charge in [-0.05, 0) is 42.0 Å². The van der Waals surface area contributed by atoms with Crippen molar-refractivity contribution in [3.8, 4) is 28.6 Å². The summed E-state index contributed by atoms with van der Waals surface area (Å²) >= 11 is 1.26. The van der Waals surface area contributed by atoms with E-state index in [0.29, 0.717) is 34.7 Å². The van der Waals surface area contributed by atoms with Gasteiger partial charge in [-0.2, -0.15) is 0 Å². The van der Waals surface area contributed by atoms with Crippen molar-refractivity contribution in [1.82, 2.24) is 20.1 Å². The maximum absolute atomic E-state index is 13.5. The van der Waals surface area contributed by atoms with E-state index in [1.54, 1.807) is 12.1 Å². The number of benzene rings is 3. The van der Waals surface area contributed by atoms with E-state index in [2.05, 4.69) is 15.5 Å². The van der Waals surface area contributed by atoms with Crippen LogP contribution in [0, 0.1) is 5.82 Å². The molecule has 1 N–H and O–H groups in total. The minimum absolute atomic E-state index is 0.146. The first-order valence-corrected chi connectivity index (χ1v) is 11.2. The molecule has 0 unspecified atom stereocenters. The second-order valence-electron chi connectivity index (χ2n) is 7.24. The van der Waals surface area contributed by atoms with Gasteiger partial charge < -0.3 is 14.8 Å². The van der Waals surface area contributed by atoms with Gasteiger partial charge in [0.1, 0.15) is 5.82 Å². The number of hydrogen-bond donors (Lipinski definition) is 1. The van der Waals surface area contributed by atoms with Crippen molar-refractivity contribution in [2.45, 2.75) is 11.7 Å². The fourth-order valence-corrected chi connectivity index (χ4v) is 4.18. The number of rotatable bonds is 7. The molecule has 5 rings (SSSR count). The minimum Gasteiger partial charge on any atom is -0.454 e. The third-order valence-corrected chi connectivity index (χ3v) is 5.94. The van der Waals surface area contributed by atoms with E-state index in [1.165, 1.54) is 23.9 Å². The fraction of sp³-hybridized carbons (Fsp3) is 0.125. The molecule has 166 valence electrons. The molecule has 0 saturated carbocycles. The number of nitrogens with zero attached hydrogens (tertiary/aromatic N) is 3. The normalized spacial score (nSPS) is 12.0. The summed E-state index contributed by atoms with van der Waals surface area (Å²) in [5.41, 5.74) is 2.50. The van der Waals surface area contributed by atoms with Gasteiger partial charge in [-0.15, -0.1) is 10.2 Å². The van der Waals surface area contributed by atoms with Gasteiger partial charge >= 0.3 is 0 Å². The Morgan fingerprint density at radius 3 is 2.61 bits per heavy atom. The Kier molecular flexibility index (Phi) is 5.95. The van der Waals surface area contributed by atoms with Gasteiger partial charge in [0, 0.05) is 17.8 Å². The molecule has 7 nitrogen and oxygen atoms in total. The number of ether oxygens (including phenoxy) is 2. The van der Waals surface area contributed by atoms with Gasteiger partial charge in [-0.1, -0.05) is 48.2 Å². The molecule has 1 aliphatic heterocycles. The minimum atomic E-state index is -0.329. The summed E-state index contributed by atoms with van der Waals surface area (Å²) < 4.78 is 26.0. The highest BCUT2D eigenvalue weighted by Gasteiger charge is 2.18. The molecule has 33 heavy (non-hydrogen) atoms. The molecule has 1 amide bonds. The second-order valence-corrected chi connectivity index (χ2v) is 8.18. The second kappa shape index (κ2) is 9.33. The van der Waals surface area contributed by atoms with Crippen LogP contribution in [-0.2, 0) is 11.3 Å². The first kappa shape index (κ1) is 21.0. The molecule has 0 spiro atoms. The molecule has 9 heteroatoms. The Balaban J connectivity index is 1.30. The summed E-state index contributed by atoms with van der Waals surface area (Å²) in [5.74, 6) is 1.67. The van der Waals surface area contributed by atoms with E-state index < -0.39 is 0 Å². The Morgan fingerprint density at radius 2 is 1.79 bits per heavy atom. The molecule has 0 saturated heterocycles. The van der Waals surface area contributed by atoms with E-state index in [1.807, 2.05) is 53.1 Å². The van der Waals surface area contributed by atoms with E-state index in [0.717, 1.165) is 11.1 Å². The van der Waals surface area contributed by atoms with E-state index in [4.69, 9.17) is 9.47 Å². The summed E-state index contributed by atoms with van der Waals surface area (Å²) in [4.78, 5) is 12.5. The van der Waals surface area contributed by atoms with Crippen LogP contribution in [0.25, 0.3) is 17.1 Å². The highest BCUT2D eigenvalue weighted by atomic mass is 32.2. The molecule has 1 aliphatic rings. The largest absolute Gasteiger partial charge is 0.454 e. The summed E-state index contributed by atoms with van der Waals surface area (Å²) in [6, 6.07) is 21.3. The Morgan fingerprint density at radius 1 is 1.00 bits per heavy atom. The first-order chi connectivity index (χ1) is 16.2. The van der Waals surface area contributed by atoms with Gasteiger partial charge in [0.15, 0.2) is 22.5 Å². The highest BCUT2D eigenvalue weighted by Crippen LogP contribution is 2.32. The van der Waals surface area contributed by atoms with Crippen molar-refractivity contribution in [2.75, 3.05) is 12.5 Å². The summed E-state index contributed by atoms with van der Waals surface area (Å²) in [6.45, 7) is 0.581. The number of aromatic nitrogens is 3. The predicted molar refractivity (Wildman–Crippen MR) is 122 cm³/mol. The predicted octanol–water partition coefficient (Wildman–Crippen LogP) is 4.21. The van der Waals surface area contributed by atoms with Gasteiger partial charge in [0.2, 0.25) is 12.7 Å². The van der Waals surface area contributed by atoms with Crippen LogP contribution in [0.3, 0.4) is 0 Å². The number of amides is 1. The van der Waals surface area contributed by atoms with Crippen molar-refractivity contribution in [2.24, 2.45) is 0 Å². The van der Waals surface area contributed by atoms with Crippen LogP contribution in [-0.4, -0.2) is 33.2 Å². The average molecular weight is 463 g/mol. The molecule has 0 radical (unpaired) electrons. The van der Waals surface area contributed by atoms with Crippen LogP contribution in [0.15, 0.2) is 78.0 Å². The number of halogens is 1. The van der Waals surface area contributed by atoms with Gasteiger partial charge in [-0.25, -0.2) is 4.39 Å². The van der Waals surface area contributed by atoms with Crippen LogP contribution in [0.2, 0.25) is 0 Å². The number of carbonyl (C=O) groups excluding carboxylic acids is 1. The zero-order valence-electron chi connectivity index (χ0n) is 17.4. The van der Waals surface area contributed by atoms with Crippen LogP contribution < -0.4 is 14.8 Å². The molecule has 0 fully saturated rings. The quantitative estimate of drug-likeness (QED) is 0.415.